The summed E-state index contributed by atoms with van der Waals surface area (Å²) in [4.78, 5) is 31.0. The highest BCUT2D eigenvalue weighted by molar-refractivity contribution is 7.92. The van der Waals surface area contributed by atoms with Crippen LogP contribution in [0.4, 0.5) is 11.4 Å². The highest BCUT2D eigenvalue weighted by Crippen LogP contribution is 2.27. The van der Waals surface area contributed by atoms with Crippen LogP contribution >= 0.6 is 0 Å². The van der Waals surface area contributed by atoms with Crippen LogP contribution in [0.15, 0.2) is 65.6 Å². The normalized spacial score (nSPS) is 11.4. The lowest BCUT2D eigenvalue weighted by Gasteiger charge is -2.11. The zero-order valence-electron chi connectivity index (χ0n) is 16.0. The summed E-state index contributed by atoms with van der Waals surface area (Å²) in [5.41, 5.74) is 1.56. The van der Waals surface area contributed by atoms with Gasteiger partial charge in [0.15, 0.2) is 0 Å². The van der Waals surface area contributed by atoms with E-state index in [1.807, 2.05) is 0 Å². The molecule has 0 fully saturated rings. The third-order valence-electron chi connectivity index (χ3n) is 4.50. The number of hydrogen-bond donors (Lipinski definition) is 1. The summed E-state index contributed by atoms with van der Waals surface area (Å²) < 4.78 is 32.8. The highest BCUT2D eigenvalue weighted by atomic mass is 32.2. The standard InChI is InChI=1S/C20H14N4O6S/c1-30-20(25)14-4-2-5-15-18(14)21-16-6-3-7-17(19(16)22-15)23-31(28,29)13-10-8-12(9-11-13)24(26)27/h2-11,23H,1H3. The van der Waals surface area contributed by atoms with E-state index < -0.39 is 20.9 Å². The molecule has 0 radical (unpaired) electrons. The monoisotopic (exact) mass is 438 g/mol. The first kappa shape index (κ1) is 20.2. The Bertz CT molecular complexity index is 1450. The van der Waals surface area contributed by atoms with Crippen LogP contribution in [0, 0.1) is 10.1 Å². The summed E-state index contributed by atoms with van der Waals surface area (Å²) in [5.74, 6) is -0.561. The van der Waals surface area contributed by atoms with Crippen molar-refractivity contribution < 1.29 is 22.9 Å². The lowest BCUT2D eigenvalue weighted by Crippen LogP contribution is -2.13. The van der Waals surface area contributed by atoms with Gasteiger partial charge >= 0.3 is 5.97 Å². The minimum atomic E-state index is -4.04. The lowest BCUT2D eigenvalue weighted by molar-refractivity contribution is -0.384. The molecule has 31 heavy (non-hydrogen) atoms. The Hall–Kier alpha value is -4.12. The number of anilines is 1. The number of nitro groups is 1. The van der Waals surface area contributed by atoms with Gasteiger partial charge in [-0.05, 0) is 36.4 Å². The smallest absolute Gasteiger partial charge is 0.340 e. The van der Waals surface area contributed by atoms with E-state index in [4.69, 9.17) is 4.74 Å². The quantitative estimate of drug-likeness (QED) is 0.217. The molecule has 0 unspecified atom stereocenters. The van der Waals surface area contributed by atoms with Crippen molar-refractivity contribution in [3.05, 3.63) is 76.3 Å². The molecule has 1 aromatic heterocycles. The number of carbonyl (C=O) groups excluding carboxylic acids is 1. The number of methoxy groups -OCH3 is 1. The summed E-state index contributed by atoms with van der Waals surface area (Å²) in [6, 6.07) is 14.1. The van der Waals surface area contributed by atoms with E-state index in [2.05, 4.69) is 14.7 Å². The fraction of sp³-hybridized carbons (Fsp3) is 0.0500. The van der Waals surface area contributed by atoms with Crippen LogP contribution in [0.3, 0.4) is 0 Å². The van der Waals surface area contributed by atoms with Crippen LogP contribution in [0.5, 0.6) is 0 Å². The first-order valence-electron chi connectivity index (χ1n) is 8.85. The summed E-state index contributed by atoms with van der Waals surface area (Å²) in [7, 11) is -2.78. The number of hydrogen-bond acceptors (Lipinski definition) is 8. The largest absolute Gasteiger partial charge is 0.465 e. The van der Waals surface area contributed by atoms with Crippen molar-refractivity contribution in [3.8, 4) is 0 Å². The molecule has 10 nitrogen and oxygen atoms in total. The van der Waals surface area contributed by atoms with E-state index in [1.165, 1.54) is 13.2 Å². The van der Waals surface area contributed by atoms with Crippen LogP contribution < -0.4 is 4.72 Å². The van der Waals surface area contributed by atoms with Crippen molar-refractivity contribution in [1.29, 1.82) is 0 Å². The minimum absolute atomic E-state index is 0.142. The number of fused-ring (bicyclic) bond motifs is 2. The molecule has 0 spiro atoms. The number of nitrogens with one attached hydrogen (secondary N) is 1. The fourth-order valence-corrected chi connectivity index (χ4v) is 4.09. The van der Waals surface area contributed by atoms with Gasteiger partial charge in [-0.25, -0.2) is 23.2 Å². The molecule has 11 heteroatoms. The number of carbonyl (C=O) groups is 1. The molecule has 3 aromatic carbocycles. The van der Waals surface area contributed by atoms with Crippen LogP contribution in [0.25, 0.3) is 22.1 Å². The van der Waals surface area contributed by atoms with Crippen molar-refractivity contribution >= 4 is 49.4 Å². The average molecular weight is 438 g/mol. The predicted molar refractivity (Wildman–Crippen MR) is 112 cm³/mol. The molecule has 0 aliphatic rings. The molecular formula is C20H14N4O6S. The molecule has 4 rings (SSSR count). The van der Waals surface area contributed by atoms with E-state index in [1.54, 1.807) is 30.3 Å². The van der Waals surface area contributed by atoms with Crippen LogP contribution in [0.1, 0.15) is 10.4 Å². The zero-order chi connectivity index (χ0) is 22.2. The van der Waals surface area contributed by atoms with Gasteiger partial charge in [0.1, 0.15) is 11.0 Å². The Balaban J connectivity index is 1.80. The minimum Gasteiger partial charge on any atom is -0.465 e. The van der Waals surface area contributed by atoms with E-state index in [0.29, 0.717) is 16.6 Å². The molecule has 156 valence electrons. The Morgan fingerprint density at radius 1 is 0.968 bits per heavy atom. The van der Waals surface area contributed by atoms with Gasteiger partial charge in [-0.3, -0.25) is 14.8 Å². The number of rotatable bonds is 5. The van der Waals surface area contributed by atoms with E-state index in [0.717, 1.165) is 24.3 Å². The van der Waals surface area contributed by atoms with Gasteiger partial charge in [0.25, 0.3) is 15.7 Å². The molecular weight excluding hydrogens is 424 g/mol. The molecule has 1 N–H and O–H groups in total. The summed E-state index contributed by atoms with van der Waals surface area (Å²) in [6.45, 7) is 0. The van der Waals surface area contributed by atoms with Crippen molar-refractivity contribution in [2.75, 3.05) is 11.8 Å². The van der Waals surface area contributed by atoms with Crippen LogP contribution in [0.2, 0.25) is 0 Å². The topological polar surface area (TPSA) is 141 Å². The number of nitrogens with zero attached hydrogens (tertiary/aromatic N) is 3. The van der Waals surface area contributed by atoms with Gasteiger partial charge < -0.3 is 4.74 Å². The summed E-state index contributed by atoms with van der Waals surface area (Å²) >= 11 is 0. The van der Waals surface area contributed by atoms with Gasteiger partial charge in [-0.2, -0.15) is 0 Å². The number of benzene rings is 3. The number of para-hydroxylation sites is 2. The highest BCUT2D eigenvalue weighted by Gasteiger charge is 2.19. The Labute approximate surface area is 175 Å². The van der Waals surface area contributed by atoms with Crippen molar-refractivity contribution in [2.24, 2.45) is 0 Å². The third kappa shape index (κ3) is 3.73. The number of esters is 1. The number of ether oxygens (including phenoxy) is 1. The maximum absolute atomic E-state index is 12.8. The number of aromatic nitrogens is 2. The Morgan fingerprint density at radius 3 is 2.23 bits per heavy atom. The van der Waals surface area contributed by atoms with Gasteiger partial charge in [-0.1, -0.05) is 12.1 Å². The number of nitro benzene ring substituents is 1. The maximum Gasteiger partial charge on any atom is 0.340 e. The first-order valence-corrected chi connectivity index (χ1v) is 10.3. The van der Waals surface area contributed by atoms with Gasteiger partial charge in [-0.15, -0.1) is 0 Å². The molecule has 0 atom stereocenters. The first-order chi connectivity index (χ1) is 14.8. The molecule has 0 amide bonds. The molecule has 0 bridgehead atoms. The fourth-order valence-electron chi connectivity index (χ4n) is 3.03. The summed E-state index contributed by atoms with van der Waals surface area (Å²) in [5, 5.41) is 10.8. The van der Waals surface area contributed by atoms with Crippen LogP contribution in [-0.2, 0) is 14.8 Å². The second kappa shape index (κ2) is 7.61. The van der Waals surface area contributed by atoms with E-state index >= 15 is 0 Å². The average Bonchev–Trinajstić information content (AvgIpc) is 2.77. The Morgan fingerprint density at radius 2 is 1.58 bits per heavy atom. The van der Waals surface area contributed by atoms with Gasteiger partial charge in [0.05, 0.1) is 39.2 Å². The lowest BCUT2D eigenvalue weighted by atomic mass is 10.1. The molecule has 4 aromatic rings. The van der Waals surface area contributed by atoms with E-state index in [-0.39, 0.29) is 27.4 Å². The van der Waals surface area contributed by atoms with Crippen molar-refractivity contribution in [3.63, 3.8) is 0 Å². The molecule has 0 aliphatic carbocycles. The number of non-ortho nitro benzene ring substituents is 1. The summed E-state index contributed by atoms with van der Waals surface area (Å²) in [6.07, 6.45) is 0. The van der Waals surface area contributed by atoms with Gasteiger partial charge in [0, 0.05) is 12.1 Å². The SMILES string of the molecule is COC(=O)c1cccc2nc3c(NS(=O)(=O)c4ccc([N+](=O)[O-])cc4)cccc3nc12. The predicted octanol–water partition coefficient (Wildman–Crippen LogP) is 3.28. The molecule has 1 heterocycles. The second-order valence-corrected chi connectivity index (χ2v) is 8.10. The molecule has 0 saturated carbocycles. The molecule has 0 aliphatic heterocycles. The van der Waals surface area contributed by atoms with E-state index in [9.17, 15) is 23.3 Å². The van der Waals surface area contributed by atoms with Gasteiger partial charge in [0.2, 0.25) is 0 Å². The van der Waals surface area contributed by atoms with Crippen molar-refractivity contribution in [1.82, 2.24) is 9.97 Å². The maximum atomic E-state index is 12.8. The third-order valence-corrected chi connectivity index (χ3v) is 5.88. The zero-order valence-corrected chi connectivity index (χ0v) is 16.8. The Kier molecular flexibility index (Phi) is 4.95. The molecule has 0 saturated heterocycles. The van der Waals surface area contributed by atoms with Crippen molar-refractivity contribution in [2.45, 2.75) is 4.90 Å². The second-order valence-electron chi connectivity index (χ2n) is 6.42. The number of sulfonamides is 1. The van der Waals surface area contributed by atoms with Crippen LogP contribution in [-0.4, -0.2) is 36.4 Å².